The number of hydrogen-bond donors (Lipinski definition) is 2. The van der Waals surface area contributed by atoms with Gasteiger partial charge in [-0.25, -0.2) is 9.59 Å². The number of amides is 1. The number of carbonyl (C=O) groups is 2. The smallest absolute Gasteiger partial charge is 0.408 e. The summed E-state index contributed by atoms with van der Waals surface area (Å²) in [7, 11) is 0. The van der Waals surface area contributed by atoms with E-state index in [2.05, 4.69) is 5.32 Å². The lowest BCUT2D eigenvalue weighted by Crippen LogP contribution is -2.43. The molecule has 2 aromatic carbocycles. The Hall–Kier alpha value is -2.24. The van der Waals surface area contributed by atoms with E-state index in [0.717, 1.165) is 36.8 Å². The molecule has 0 spiro atoms. The Labute approximate surface area is 192 Å². The second-order valence-corrected chi connectivity index (χ2v) is 8.93. The number of alkyl carbamates (subject to hydrolysis) is 1. The van der Waals surface area contributed by atoms with Crippen LogP contribution >= 0.6 is 23.2 Å². The number of rotatable bonds is 8. The van der Waals surface area contributed by atoms with Crippen molar-refractivity contribution in [1.82, 2.24) is 5.32 Å². The summed E-state index contributed by atoms with van der Waals surface area (Å²) in [5.41, 5.74) is 1.61. The van der Waals surface area contributed by atoms with Gasteiger partial charge in [-0.3, -0.25) is 0 Å². The number of nitrogens with one attached hydrogen (secondary N) is 1. The summed E-state index contributed by atoms with van der Waals surface area (Å²) >= 11 is 12.2. The van der Waals surface area contributed by atoms with Gasteiger partial charge >= 0.3 is 12.1 Å². The molecule has 0 aromatic heterocycles. The van der Waals surface area contributed by atoms with E-state index >= 15 is 0 Å². The topological polar surface area (TPSA) is 75.6 Å². The van der Waals surface area contributed by atoms with Crippen molar-refractivity contribution in [3.63, 3.8) is 0 Å². The zero-order valence-corrected chi connectivity index (χ0v) is 18.7. The quantitative estimate of drug-likeness (QED) is 0.472. The molecule has 1 fully saturated rings. The van der Waals surface area contributed by atoms with Gasteiger partial charge in [-0.2, -0.15) is 0 Å². The highest BCUT2D eigenvalue weighted by atomic mass is 35.5. The molecule has 1 amide bonds. The lowest BCUT2D eigenvalue weighted by molar-refractivity contribution is -0.140. The molecule has 0 saturated heterocycles. The van der Waals surface area contributed by atoms with E-state index in [1.807, 2.05) is 24.3 Å². The van der Waals surface area contributed by atoms with Crippen molar-refractivity contribution in [3.05, 3.63) is 69.7 Å². The first-order valence-electron chi connectivity index (χ1n) is 10.6. The molecule has 1 saturated carbocycles. The van der Waals surface area contributed by atoms with Crippen molar-refractivity contribution in [2.24, 2.45) is 5.92 Å². The largest absolute Gasteiger partial charge is 0.480 e. The second kappa shape index (κ2) is 11.4. The van der Waals surface area contributed by atoms with Gasteiger partial charge in [0.1, 0.15) is 12.1 Å². The van der Waals surface area contributed by atoms with Crippen LogP contribution in [0.4, 0.5) is 4.79 Å². The van der Waals surface area contributed by atoms with Crippen LogP contribution in [-0.4, -0.2) is 23.2 Å². The van der Waals surface area contributed by atoms with Crippen molar-refractivity contribution in [1.29, 1.82) is 0 Å². The average molecular weight is 464 g/mol. The first-order valence-corrected chi connectivity index (χ1v) is 11.4. The van der Waals surface area contributed by atoms with Crippen molar-refractivity contribution >= 4 is 35.3 Å². The highest BCUT2D eigenvalue weighted by molar-refractivity contribution is 6.30. The highest BCUT2D eigenvalue weighted by Crippen LogP contribution is 2.28. The van der Waals surface area contributed by atoms with Gasteiger partial charge in [-0.1, -0.05) is 79.6 Å². The van der Waals surface area contributed by atoms with E-state index in [-0.39, 0.29) is 0 Å². The predicted octanol–water partition coefficient (Wildman–Crippen LogP) is 6.43. The molecule has 0 radical (unpaired) electrons. The minimum atomic E-state index is -1.04. The molecular formula is C24H27Cl2NO4. The van der Waals surface area contributed by atoms with E-state index in [0.29, 0.717) is 28.8 Å². The number of benzene rings is 2. The van der Waals surface area contributed by atoms with E-state index in [1.54, 1.807) is 24.3 Å². The maximum absolute atomic E-state index is 12.7. The lowest BCUT2D eigenvalue weighted by Gasteiger charge is -2.26. The van der Waals surface area contributed by atoms with Gasteiger partial charge < -0.3 is 15.2 Å². The van der Waals surface area contributed by atoms with Crippen LogP contribution in [0, 0.1) is 5.92 Å². The van der Waals surface area contributed by atoms with Gasteiger partial charge in [0.2, 0.25) is 0 Å². The number of carboxylic acids is 1. The fourth-order valence-electron chi connectivity index (χ4n) is 4.10. The van der Waals surface area contributed by atoms with Crippen LogP contribution in [-0.2, 0) is 16.0 Å². The fraction of sp³-hybridized carbons (Fsp3) is 0.417. The molecule has 3 rings (SSSR count). The number of carboxylic acid groups (broad SMARTS) is 1. The number of halogens is 2. The molecule has 2 aromatic rings. The Morgan fingerprint density at radius 3 is 2.35 bits per heavy atom. The first kappa shape index (κ1) is 23.4. The zero-order valence-electron chi connectivity index (χ0n) is 17.2. The van der Waals surface area contributed by atoms with E-state index in [4.69, 9.17) is 27.9 Å². The monoisotopic (exact) mass is 463 g/mol. The SMILES string of the molecule is O=C(N[C@@H](CC1CCCCC1)C(=O)O)OC(Cc1cccc(Cl)c1)c1cccc(Cl)c1. The van der Waals surface area contributed by atoms with Gasteiger partial charge in [0, 0.05) is 16.5 Å². The molecule has 166 valence electrons. The number of ether oxygens (including phenoxy) is 1. The number of carbonyl (C=O) groups excluding carboxylic acids is 1. The van der Waals surface area contributed by atoms with Crippen LogP contribution in [0.15, 0.2) is 48.5 Å². The van der Waals surface area contributed by atoms with Gasteiger partial charge in [-0.15, -0.1) is 0 Å². The minimum absolute atomic E-state index is 0.310. The van der Waals surface area contributed by atoms with E-state index < -0.39 is 24.2 Å². The third kappa shape index (κ3) is 7.44. The lowest BCUT2D eigenvalue weighted by atomic mass is 9.85. The van der Waals surface area contributed by atoms with Crippen LogP contribution < -0.4 is 5.32 Å². The second-order valence-electron chi connectivity index (χ2n) is 8.06. The number of hydrogen-bond acceptors (Lipinski definition) is 3. The van der Waals surface area contributed by atoms with Crippen molar-refractivity contribution < 1.29 is 19.4 Å². The fourth-order valence-corrected chi connectivity index (χ4v) is 4.51. The van der Waals surface area contributed by atoms with Crippen molar-refractivity contribution in [2.45, 2.75) is 57.1 Å². The third-order valence-electron chi connectivity index (χ3n) is 5.66. The first-order chi connectivity index (χ1) is 14.9. The molecule has 0 bridgehead atoms. The molecular weight excluding hydrogens is 437 g/mol. The molecule has 0 heterocycles. The van der Waals surface area contributed by atoms with Crippen LogP contribution in [0.3, 0.4) is 0 Å². The van der Waals surface area contributed by atoms with Gasteiger partial charge in [0.05, 0.1) is 0 Å². The zero-order chi connectivity index (χ0) is 22.2. The summed E-state index contributed by atoms with van der Waals surface area (Å²) < 4.78 is 5.69. The van der Waals surface area contributed by atoms with Gasteiger partial charge in [0.25, 0.3) is 0 Å². The molecule has 2 N–H and O–H groups in total. The summed E-state index contributed by atoms with van der Waals surface area (Å²) in [6.07, 6.45) is 4.82. The standard InChI is InChI=1S/C24H27Cl2NO4/c25-19-10-4-8-17(12-19)14-22(18-9-5-11-20(26)15-18)31-24(30)27-21(23(28)29)13-16-6-2-1-3-7-16/h4-5,8-12,15-16,21-22H,1-3,6-7,13-14H2,(H,27,30)(H,28,29)/t21-,22?/m0/s1. The maximum atomic E-state index is 12.7. The highest BCUT2D eigenvalue weighted by Gasteiger charge is 2.27. The Morgan fingerprint density at radius 1 is 1.03 bits per heavy atom. The summed E-state index contributed by atoms with van der Waals surface area (Å²) in [5, 5.41) is 13.3. The number of aliphatic carboxylic acids is 1. The van der Waals surface area contributed by atoms with Gasteiger partial charge in [0.15, 0.2) is 0 Å². The van der Waals surface area contributed by atoms with Crippen LogP contribution in [0.1, 0.15) is 55.8 Å². The minimum Gasteiger partial charge on any atom is -0.480 e. The summed E-state index contributed by atoms with van der Waals surface area (Å²) in [4.78, 5) is 24.4. The molecule has 5 nitrogen and oxygen atoms in total. The molecule has 31 heavy (non-hydrogen) atoms. The van der Waals surface area contributed by atoms with Crippen LogP contribution in [0.25, 0.3) is 0 Å². The Balaban J connectivity index is 1.71. The molecule has 7 heteroatoms. The summed E-state index contributed by atoms with van der Waals surface area (Å²) in [5.74, 6) is -0.734. The molecule has 1 aliphatic carbocycles. The van der Waals surface area contributed by atoms with E-state index in [1.165, 1.54) is 6.42 Å². The van der Waals surface area contributed by atoms with Crippen LogP contribution in [0.2, 0.25) is 10.0 Å². The normalized spacial score (nSPS) is 16.3. The maximum Gasteiger partial charge on any atom is 0.408 e. The van der Waals surface area contributed by atoms with E-state index in [9.17, 15) is 14.7 Å². The summed E-state index contributed by atoms with van der Waals surface area (Å²) in [6.45, 7) is 0. The Kier molecular flexibility index (Phi) is 8.61. The molecule has 1 unspecified atom stereocenters. The van der Waals surface area contributed by atoms with Crippen molar-refractivity contribution in [3.8, 4) is 0 Å². The van der Waals surface area contributed by atoms with Crippen LogP contribution in [0.5, 0.6) is 0 Å². The Morgan fingerprint density at radius 2 is 1.71 bits per heavy atom. The molecule has 2 atom stereocenters. The predicted molar refractivity (Wildman–Crippen MR) is 122 cm³/mol. The average Bonchev–Trinajstić information content (AvgIpc) is 2.73. The van der Waals surface area contributed by atoms with Gasteiger partial charge in [-0.05, 0) is 47.7 Å². The summed E-state index contributed by atoms with van der Waals surface area (Å²) in [6, 6.07) is 13.4. The Bertz CT molecular complexity index is 899. The third-order valence-corrected chi connectivity index (χ3v) is 6.13. The molecule has 1 aliphatic rings. The molecule has 0 aliphatic heterocycles. The van der Waals surface area contributed by atoms with Crippen molar-refractivity contribution in [2.75, 3.05) is 0 Å².